The first-order valence-electron chi connectivity index (χ1n) is 1.81. The summed E-state index contributed by atoms with van der Waals surface area (Å²) in [5.74, 6) is 0. The molecule has 0 aliphatic heterocycles. The Labute approximate surface area is 49.3 Å². The van der Waals surface area contributed by atoms with Crippen molar-refractivity contribution in [1.82, 2.24) is 6.15 Å². The summed E-state index contributed by atoms with van der Waals surface area (Å²) in [6.45, 7) is 1.41. The first-order chi connectivity index (χ1) is 3.12. The van der Waals surface area contributed by atoms with Gasteiger partial charge in [-0.05, 0) is 0 Å². The van der Waals surface area contributed by atoms with Gasteiger partial charge < -0.3 is 15.2 Å². The van der Waals surface area contributed by atoms with Gasteiger partial charge in [-0.15, -0.1) is 0 Å². The molecule has 4 nitrogen and oxygen atoms in total. The largest absolute Gasteiger partial charge is 0.344 e. The molecule has 0 spiro atoms. The lowest BCUT2D eigenvalue weighted by Crippen LogP contribution is -1.82. The van der Waals surface area contributed by atoms with Crippen molar-refractivity contribution in [3.63, 3.8) is 0 Å². The molecule has 8 heavy (non-hydrogen) atoms. The Balaban J connectivity index is 0. The average Bonchev–Trinajstić information content (AvgIpc) is 1.68. The molecule has 0 heterocycles. The maximum absolute atomic E-state index is 10.5. The molecule has 0 amide bonds. The molecule has 5 heteroatoms. The van der Waals surface area contributed by atoms with Crippen molar-refractivity contribution in [1.29, 1.82) is 0 Å². The van der Waals surface area contributed by atoms with E-state index in [-0.39, 0.29) is 6.15 Å². The van der Waals surface area contributed by atoms with E-state index in [1.807, 2.05) is 0 Å². The quantitative estimate of drug-likeness (QED) is 0.587. The van der Waals surface area contributed by atoms with Gasteiger partial charge in [0.05, 0.1) is 0 Å². The van der Waals surface area contributed by atoms with Gasteiger partial charge in [0.25, 0.3) is 0 Å². The van der Waals surface area contributed by atoms with Gasteiger partial charge in [-0.25, -0.2) is 0 Å². The second-order valence-corrected chi connectivity index (χ2v) is 3.41. The lowest BCUT2D eigenvalue weighted by atomic mass is 11.8. The van der Waals surface area contributed by atoms with Crippen LogP contribution in [0.4, 0.5) is 0 Å². The third kappa shape index (κ3) is 4.27. The van der Waals surface area contributed by atoms with Crippen molar-refractivity contribution >= 4 is 7.60 Å². The lowest BCUT2D eigenvalue weighted by molar-refractivity contribution is 0.282. The minimum atomic E-state index is -2.65. The van der Waals surface area contributed by atoms with Crippen LogP contribution < -0.4 is 6.15 Å². The van der Waals surface area contributed by atoms with Crippen LogP contribution in [0.5, 0.6) is 0 Å². The molecular formula is C3H12NO3P. The zero-order chi connectivity index (χ0) is 5.91. The highest BCUT2D eigenvalue weighted by molar-refractivity contribution is 7.52. The average molecular weight is 141 g/mol. The third-order valence-electron chi connectivity index (χ3n) is 0.663. The van der Waals surface area contributed by atoms with Crippen LogP contribution >= 0.6 is 7.60 Å². The first-order valence-corrected chi connectivity index (χ1v) is 3.80. The Morgan fingerprint density at radius 3 is 1.50 bits per heavy atom. The molecule has 0 unspecified atom stereocenters. The van der Waals surface area contributed by atoms with Crippen LogP contribution in [0.1, 0.15) is 0 Å². The summed E-state index contributed by atoms with van der Waals surface area (Å²) < 4.78 is 19.3. The fraction of sp³-hybridized carbons (Fsp3) is 1.00. The topological polar surface area (TPSA) is 70.5 Å². The van der Waals surface area contributed by atoms with E-state index in [4.69, 9.17) is 0 Å². The minimum Gasteiger partial charge on any atom is -0.344 e. The Bertz CT molecular complexity index is 86.5. The molecule has 0 aromatic carbocycles. The van der Waals surface area contributed by atoms with Gasteiger partial charge in [-0.1, -0.05) is 0 Å². The molecule has 0 saturated carbocycles. The van der Waals surface area contributed by atoms with E-state index in [1.54, 1.807) is 0 Å². The van der Waals surface area contributed by atoms with Crippen LogP contribution in [0, 0.1) is 0 Å². The van der Waals surface area contributed by atoms with Crippen LogP contribution in [0.2, 0.25) is 0 Å². The third-order valence-corrected chi connectivity index (χ3v) is 1.99. The van der Waals surface area contributed by atoms with Crippen LogP contribution in [0.15, 0.2) is 0 Å². The second-order valence-electron chi connectivity index (χ2n) is 1.14. The number of rotatable bonds is 2. The van der Waals surface area contributed by atoms with Gasteiger partial charge in [0.2, 0.25) is 0 Å². The number of hydrogen-bond acceptors (Lipinski definition) is 4. The van der Waals surface area contributed by atoms with Gasteiger partial charge in [0.15, 0.2) is 0 Å². The Kier molecular flexibility index (Phi) is 5.54. The van der Waals surface area contributed by atoms with Crippen molar-refractivity contribution in [2.75, 3.05) is 20.9 Å². The predicted octanol–water partition coefficient (Wildman–Crippen LogP) is 1.26. The van der Waals surface area contributed by atoms with Crippen LogP contribution in [-0.2, 0) is 13.6 Å². The SMILES string of the molecule is COP(C)(=O)OC.N. The Hall–Kier alpha value is 0.110. The van der Waals surface area contributed by atoms with E-state index in [0.29, 0.717) is 0 Å². The minimum absolute atomic E-state index is 0. The molecule has 0 rings (SSSR count). The Morgan fingerprint density at radius 1 is 1.25 bits per heavy atom. The fourth-order valence-corrected chi connectivity index (χ4v) is 0.224. The first kappa shape index (κ1) is 11.0. The molecule has 0 radical (unpaired) electrons. The van der Waals surface area contributed by atoms with Crippen LogP contribution in [0.3, 0.4) is 0 Å². The van der Waals surface area contributed by atoms with E-state index in [2.05, 4.69) is 9.05 Å². The molecule has 0 aromatic rings. The summed E-state index contributed by atoms with van der Waals surface area (Å²) in [5, 5.41) is 0. The summed E-state index contributed by atoms with van der Waals surface area (Å²) in [6, 6.07) is 0. The summed E-state index contributed by atoms with van der Waals surface area (Å²) in [6.07, 6.45) is 0. The Morgan fingerprint density at radius 2 is 1.50 bits per heavy atom. The van der Waals surface area contributed by atoms with Crippen molar-refractivity contribution in [2.45, 2.75) is 0 Å². The van der Waals surface area contributed by atoms with Gasteiger partial charge in [-0.2, -0.15) is 0 Å². The second kappa shape index (κ2) is 4.04. The predicted molar refractivity (Wildman–Crippen MR) is 32.6 cm³/mol. The van der Waals surface area contributed by atoms with Gasteiger partial charge in [-0.3, -0.25) is 4.57 Å². The van der Waals surface area contributed by atoms with Crippen LogP contribution in [0.25, 0.3) is 0 Å². The highest BCUT2D eigenvalue weighted by atomic mass is 31.2. The molecule has 3 N–H and O–H groups in total. The van der Waals surface area contributed by atoms with E-state index < -0.39 is 7.60 Å². The molecule has 0 atom stereocenters. The molecule has 52 valence electrons. The molecule has 0 aliphatic rings. The van der Waals surface area contributed by atoms with Crippen molar-refractivity contribution in [3.05, 3.63) is 0 Å². The standard InChI is InChI=1S/C3H9O3P.H3N/c1-5-7(3,4)6-2;/h1-3H3;1H3. The van der Waals surface area contributed by atoms with Gasteiger partial charge in [0.1, 0.15) is 0 Å². The fourth-order valence-electron chi connectivity index (χ4n) is 0.0745. The zero-order valence-electron chi connectivity index (χ0n) is 5.38. The molecule has 0 fully saturated rings. The summed E-state index contributed by atoms with van der Waals surface area (Å²) in [5.41, 5.74) is 0. The highest BCUT2D eigenvalue weighted by Gasteiger charge is 2.08. The highest BCUT2D eigenvalue weighted by Crippen LogP contribution is 2.40. The van der Waals surface area contributed by atoms with Crippen molar-refractivity contribution in [2.24, 2.45) is 0 Å². The maximum Gasteiger partial charge on any atom is 0.327 e. The summed E-state index contributed by atoms with van der Waals surface area (Å²) >= 11 is 0. The van der Waals surface area contributed by atoms with Gasteiger partial charge >= 0.3 is 7.60 Å². The molecular weight excluding hydrogens is 129 g/mol. The summed E-state index contributed by atoms with van der Waals surface area (Å²) in [4.78, 5) is 0. The van der Waals surface area contributed by atoms with E-state index in [9.17, 15) is 4.57 Å². The zero-order valence-corrected chi connectivity index (χ0v) is 6.27. The molecule has 0 aliphatic carbocycles. The van der Waals surface area contributed by atoms with Crippen LogP contribution in [-0.4, -0.2) is 20.9 Å². The number of hydrogen-bond donors (Lipinski definition) is 1. The van der Waals surface area contributed by atoms with E-state index in [1.165, 1.54) is 20.9 Å². The normalized spacial score (nSPS) is 10.4. The summed E-state index contributed by atoms with van der Waals surface area (Å²) in [7, 11) is 0.0486. The smallest absolute Gasteiger partial charge is 0.327 e. The lowest BCUT2D eigenvalue weighted by Gasteiger charge is -2.04. The molecule has 0 bridgehead atoms. The maximum atomic E-state index is 10.5. The van der Waals surface area contributed by atoms with Crippen molar-refractivity contribution in [3.8, 4) is 0 Å². The molecule has 0 aromatic heterocycles. The van der Waals surface area contributed by atoms with Gasteiger partial charge in [0, 0.05) is 20.9 Å². The molecule has 0 saturated heterocycles. The van der Waals surface area contributed by atoms with E-state index >= 15 is 0 Å². The monoisotopic (exact) mass is 141 g/mol. The van der Waals surface area contributed by atoms with E-state index in [0.717, 1.165) is 0 Å². The van der Waals surface area contributed by atoms with Crippen molar-refractivity contribution < 1.29 is 13.6 Å².